The molecule has 39 heavy (non-hydrogen) atoms. The van der Waals surface area contributed by atoms with Gasteiger partial charge in [-0.3, -0.25) is 0 Å². The molecule has 0 saturated carbocycles. The Hall–Kier alpha value is -4.56. The van der Waals surface area contributed by atoms with E-state index in [4.69, 9.17) is 0 Å². The van der Waals surface area contributed by atoms with Gasteiger partial charge in [0.1, 0.15) is 0 Å². The van der Waals surface area contributed by atoms with Crippen molar-refractivity contribution in [3.63, 3.8) is 0 Å². The van der Waals surface area contributed by atoms with Crippen LogP contribution < -0.4 is 0 Å². The van der Waals surface area contributed by atoms with Gasteiger partial charge in [0.15, 0.2) is 0 Å². The van der Waals surface area contributed by atoms with Crippen molar-refractivity contribution >= 4 is 34.0 Å². The van der Waals surface area contributed by atoms with Gasteiger partial charge in [-0.25, -0.2) is 0 Å². The summed E-state index contributed by atoms with van der Waals surface area (Å²) in [5.74, 6) is 0. The fourth-order valence-corrected chi connectivity index (χ4v) is 7.18. The summed E-state index contributed by atoms with van der Waals surface area (Å²) in [7, 11) is 0. The molecule has 0 radical (unpaired) electrons. The van der Waals surface area contributed by atoms with Crippen LogP contribution in [0, 0.1) is 0 Å². The third kappa shape index (κ3) is 3.03. The van der Waals surface area contributed by atoms with E-state index in [-0.39, 0.29) is 0 Å². The number of aromatic nitrogens is 2. The van der Waals surface area contributed by atoms with Gasteiger partial charge < -0.3 is 9.13 Å². The van der Waals surface area contributed by atoms with Crippen molar-refractivity contribution in [2.75, 3.05) is 0 Å². The van der Waals surface area contributed by atoms with Crippen molar-refractivity contribution in [1.29, 1.82) is 0 Å². The van der Waals surface area contributed by atoms with E-state index >= 15 is 0 Å². The second-order valence-electron chi connectivity index (χ2n) is 11.1. The standard InChI is InChI=1S/C37H28N2/c1-5-13-33-27(9-1)28-10-2-6-14-34(28)38(33)25-19-17-24(18-20-25)26-21-22-37(32-23-31(26)32)39-35-15-7-3-11-29(35)30-12-4-8-16-36(30)39/h1-3,5-6,8-11,13-14,16-22H,4,7,12,15,23H2. The average molecular weight is 501 g/mol. The van der Waals surface area contributed by atoms with Crippen LogP contribution in [-0.4, -0.2) is 9.13 Å². The Labute approximate surface area is 228 Å². The minimum atomic E-state index is 1.09. The molecule has 3 aliphatic rings. The first-order valence-corrected chi connectivity index (χ1v) is 14.2. The molecule has 0 fully saturated rings. The summed E-state index contributed by atoms with van der Waals surface area (Å²) in [6, 6.07) is 31.4. The fourth-order valence-electron chi connectivity index (χ4n) is 7.18. The monoisotopic (exact) mass is 500 g/mol. The van der Waals surface area contributed by atoms with Gasteiger partial charge in [-0.05, 0) is 95.5 Å². The third-order valence-electron chi connectivity index (χ3n) is 9.02. The topological polar surface area (TPSA) is 9.86 Å². The smallest absolute Gasteiger partial charge is 0.0541 e. The maximum Gasteiger partial charge on any atom is 0.0541 e. The summed E-state index contributed by atoms with van der Waals surface area (Å²) in [6.45, 7) is 0. The molecule has 2 heteroatoms. The van der Waals surface area contributed by atoms with E-state index in [1.807, 2.05) is 0 Å². The second-order valence-corrected chi connectivity index (χ2v) is 11.1. The lowest BCUT2D eigenvalue weighted by Gasteiger charge is -2.15. The van der Waals surface area contributed by atoms with Gasteiger partial charge in [-0.2, -0.15) is 0 Å². The van der Waals surface area contributed by atoms with Crippen molar-refractivity contribution in [2.24, 2.45) is 0 Å². The highest BCUT2D eigenvalue weighted by molar-refractivity contribution is 6.09. The molecular formula is C37H28N2. The summed E-state index contributed by atoms with van der Waals surface area (Å²) in [6.07, 6.45) is 15.1. The van der Waals surface area contributed by atoms with E-state index in [1.54, 1.807) is 5.56 Å². The Morgan fingerprint density at radius 3 is 2.08 bits per heavy atom. The molecule has 0 aliphatic heterocycles. The predicted molar refractivity (Wildman–Crippen MR) is 163 cm³/mol. The van der Waals surface area contributed by atoms with E-state index in [0.717, 1.165) is 32.1 Å². The van der Waals surface area contributed by atoms with E-state index in [9.17, 15) is 0 Å². The van der Waals surface area contributed by atoms with Gasteiger partial charge in [0.2, 0.25) is 0 Å². The molecule has 2 heterocycles. The lowest BCUT2D eigenvalue weighted by atomic mass is 9.96. The number of hydrogen-bond acceptors (Lipinski definition) is 0. The molecule has 0 amide bonds. The highest BCUT2D eigenvalue weighted by Crippen LogP contribution is 2.45. The fraction of sp³-hybridized carbons (Fsp3) is 0.135. The molecule has 0 atom stereocenters. The van der Waals surface area contributed by atoms with Crippen molar-refractivity contribution in [3.05, 3.63) is 131 Å². The summed E-state index contributed by atoms with van der Waals surface area (Å²) in [5, 5.41) is 2.61. The Morgan fingerprint density at radius 2 is 1.28 bits per heavy atom. The summed E-state index contributed by atoms with van der Waals surface area (Å²) in [4.78, 5) is 0. The van der Waals surface area contributed by atoms with E-state index < -0.39 is 0 Å². The third-order valence-corrected chi connectivity index (χ3v) is 9.02. The maximum absolute atomic E-state index is 2.59. The van der Waals surface area contributed by atoms with Crippen LogP contribution in [0.2, 0.25) is 0 Å². The van der Waals surface area contributed by atoms with Gasteiger partial charge in [0, 0.05) is 40.0 Å². The number of rotatable bonds is 3. The van der Waals surface area contributed by atoms with Crippen molar-refractivity contribution in [1.82, 2.24) is 9.13 Å². The molecule has 2 aromatic heterocycles. The SMILES string of the molecule is C1=Cc2c(c3c(n2-c2ccc(-c4ccc(-n5c6ccccc6c6ccccc65)cc4)c4c2C4)CCC=C3)CC1. The number of hydrogen-bond donors (Lipinski definition) is 0. The molecule has 0 spiro atoms. The minimum Gasteiger partial charge on any atom is -0.313 e. The van der Waals surface area contributed by atoms with Crippen LogP contribution in [0.5, 0.6) is 0 Å². The largest absolute Gasteiger partial charge is 0.313 e. The lowest BCUT2D eigenvalue weighted by molar-refractivity contribution is 0.867. The first-order valence-electron chi connectivity index (χ1n) is 14.2. The van der Waals surface area contributed by atoms with Crippen LogP contribution in [0.25, 0.3) is 56.5 Å². The van der Waals surface area contributed by atoms with Gasteiger partial charge in [0.05, 0.1) is 11.0 Å². The molecular weight excluding hydrogens is 472 g/mol. The molecule has 6 aromatic rings. The van der Waals surface area contributed by atoms with E-state index in [2.05, 4.69) is 118 Å². The summed E-state index contributed by atoms with van der Waals surface area (Å²) in [5.41, 5.74) is 16.8. The van der Waals surface area contributed by atoms with Crippen molar-refractivity contribution in [3.8, 4) is 22.5 Å². The molecule has 2 nitrogen and oxygen atoms in total. The number of nitrogens with zero attached hydrogens (tertiary/aromatic N) is 2. The molecule has 3 aliphatic carbocycles. The van der Waals surface area contributed by atoms with Crippen molar-refractivity contribution < 1.29 is 0 Å². The van der Waals surface area contributed by atoms with E-state index in [1.165, 1.54) is 72.4 Å². The zero-order chi connectivity index (χ0) is 25.5. The summed E-state index contributed by atoms with van der Waals surface area (Å²) < 4.78 is 4.98. The Kier molecular flexibility index (Phi) is 4.37. The number of fused-ring (bicyclic) bond motifs is 7. The lowest BCUT2D eigenvalue weighted by Crippen LogP contribution is -2.05. The van der Waals surface area contributed by atoms with Crippen LogP contribution in [0.15, 0.2) is 97.1 Å². The van der Waals surface area contributed by atoms with Gasteiger partial charge in [-0.1, -0.05) is 72.8 Å². The van der Waals surface area contributed by atoms with Crippen molar-refractivity contribution in [2.45, 2.75) is 32.1 Å². The van der Waals surface area contributed by atoms with Gasteiger partial charge in [-0.15, -0.1) is 0 Å². The van der Waals surface area contributed by atoms with E-state index in [0.29, 0.717) is 0 Å². The van der Waals surface area contributed by atoms with Crippen LogP contribution in [-0.2, 0) is 19.3 Å². The van der Waals surface area contributed by atoms with Crippen LogP contribution in [0.3, 0.4) is 0 Å². The molecule has 0 unspecified atom stereocenters. The van der Waals surface area contributed by atoms with Gasteiger partial charge in [0.25, 0.3) is 0 Å². The summed E-state index contributed by atoms with van der Waals surface area (Å²) >= 11 is 0. The predicted octanol–water partition coefficient (Wildman–Crippen LogP) is 9.06. The zero-order valence-corrected chi connectivity index (χ0v) is 21.8. The molecule has 186 valence electrons. The highest BCUT2D eigenvalue weighted by Gasteiger charge is 2.30. The Balaban J connectivity index is 1.13. The molecule has 0 N–H and O–H groups in total. The maximum atomic E-state index is 2.59. The number of allylic oxidation sites excluding steroid dienone is 2. The second kappa shape index (κ2) is 7.97. The highest BCUT2D eigenvalue weighted by atomic mass is 15.0. The normalized spacial score (nSPS) is 15.0. The first-order chi connectivity index (χ1) is 19.4. The molecule has 9 rings (SSSR count). The average Bonchev–Trinajstić information content (AvgIpc) is 3.65. The number of benzene rings is 4. The van der Waals surface area contributed by atoms with Crippen LogP contribution >= 0.6 is 0 Å². The van der Waals surface area contributed by atoms with Crippen LogP contribution in [0.1, 0.15) is 46.5 Å². The molecule has 4 aromatic carbocycles. The first kappa shape index (κ1) is 21.4. The molecule has 0 saturated heterocycles. The quantitative estimate of drug-likeness (QED) is 0.229. The van der Waals surface area contributed by atoms with Crippen LogP contribution in [0.4, 0.5) is 0 Å². The Morgan fingerprint density at radius 1 is 0.564 bits per heavy atom. The molecule has 0 bridgehead atoms. The zero-order valence-electron chi connectivity index (χ0n) is 21.8. The number of para-hydroxylation sites is 2. The van der Waals surface area contributed by atoms with Gasteiger partial charge >= 0.3 is 0 Å². The Bertz CT molecular complexity index is 1970. The minimum absolute atomic E-state index is 1.09.